The van der Waals surface area contributed by atoms with E-state index in [2.05, 4.69) is 10.3 Å². The minimum Gasteiger partial charge on any atom is -0.461 e. The molecule has 0 aliphatic heterocycles. The topological polar surface area (TPSA) is 97.5 Å². The number of esters is 2. The molecule has 28 heavy (non-hydrogen) atoms. The number of hydrogen-bond acceptors (Lipinski definition) is 5. The first-order valence-corrected chi connectivity index (χ1v) is 8.48. The van der Waals surface area contributed by atoms with Crippen LogP contribution in [0.4, 0.5) is 14.5 Å². The van der Waals surface area contributed by atoms with Gasteiger partial charge in [0.15, 0.2) is 17.7 Å². The summed E-state index contributed by atoms with van der Waals surface area (Å²) in [6.07, 6.45) is -1.22. The summed E-state index contributed by atoms with van der Waals surface area (Å²) in [5.41, 5.74) is 0.999. The quantitative estimate of drug-likeness (QED) is 0.733. The van der Waals surface area contributed by atoms with Gasteiger partial charge in [-0.05, 0) is 45.4 Å². The molecule has 7 nitrogen and oxygen atoms in total. The zero-order valence-corrected chi connectivity index (χ0v) is 15.8. The second-order valence-corrected chi connectivity index (χ2v) is 6.01. The van der Waals surface area contributed by atoms with Crippen molar-refractivity contribution in [2.75, 3.05) is 11.9 Å². The first kappa shape index (κ1) is 21.1. The molecule has 0 radical (unpaired) electrons. The van der Waals surface area contributed by atoms with Crippen molar-refractivity contribution in [1.82, 2.24) is 4.98 Å². The molecule has 2 rings (SSSR count). The minimum atomic E-state index is -1.22. The molecule has 2 N–H and O–H groups in total. The third-order valence-electron chi connectivity index (χ3n) is 3.96. The average molecular weight is 394 g/mol. The molecule has 2 aromatic rings. The molecular weight excluding hydrogens is 374 g/mol. The SMILES string of the molecule is CCOC(=O)c1[nH]c(C)c(C(=O)O[C@H](C)C(=O)Nc2ccc(F)c(F)c2)c1C. The highest BCUT2D eigenvalue weighted by Gasteiger charge is 2.26. The Morgan fingerprint density at radius 3 is 2.43 bits per heavy atom. The second kappa shape index (κ2) is 8.64. The third-order valence-corrected chi connectivity index (χ3v) is 3.96. The number of H-pyrrole nitrogens is 1. The molecule has 1 atom stereocenters. The van der Waals surface area contributed by atoms with Crippen LogP contribution in [0.5, 0.6) is 0 Å². The maximum Gasteiger partial charge on any atom is 0.355 e. The van der Waals surface area contributed by atoms with Crippen molar-refractivity contribution < 1.29 is 32.6 Å². The van der Waals surface area contributed by atoms with Crippen molar-refractivity contribution in [3.8, 4) is 0 Å². The maximum atomic E-state index is 13.2. The largest absolute Gasteiger partial charge is 0.461 e. The zero-order chi connectivity index (χ0) is 21.0. The van der Waals surface area contributed by atoms with Gasteiger partial charge in [0.05, 0.1) is 12.2 Å². The predicted molar refractivity (Wildman–Crippen MR) is 96.1 cm³/mol. The average Bonchev–Trinajstić information content (AvgIpc) is 2.92. The Morgan fingerprint density at radius 2 is 1.82 bits per heavy atom. The van der Waals surface area contributed by atoms with Gasteiger partial charge in [0, 0.05) is 17.4 Å². The van der Waals surface area contributed by atoms with Crippen LogP contribution < -0.4 is 5.32 Å². The van der Waals surface area contributed by atoms with Gasteiger partial charge < -0.3 is 19.8 Å². The van der Waals surface area contributed by atoms with Gasteiger partial charge >= 0.3 is 11.9 Å². The lowest BCUT2D eigenvalue weighted by Crippen LogP contribution is -2.30. The molecule has 0 saturated carbocycles. The lowest BCUT2D eigenvalue weighted by atomic mass is 10.1. The highest BCUT2D eigenvalue weighted by molar-refractivity contribution is 6.01. The molecule has 0 aliphatic rings. The summed E-state index contributed by atoms with van der Waals surface area (Å²) in [7, 11) is 0. The fraction of sp³-hybridized carbons (Fsp3) is 0.316. The minimum absolute atomic E-state index is 0.0189. The fourth-order valence-corrected chi connectivity index (χ4v) is 2.55. The number of hydrogen-bond donors (Lipinski definition) is 2. The molecule has 1 aromatic carbocycles. The number of carbonyl (C=O) groups excluding carboxylic acids is 3. The number of benzene rings is 1. The highest BCUT2D eigenvalue weighted by Crippen LogP contribution is 2.21. The Hall–Kier alpha value is -3.23. The molecule has 150 valence electrons. The summed E-state index contributed by atoms with van der Waals surface area (Å²) in [6, 6.07) is 2.86. The van der Waals surface area contributed by atoms with Crippen molar-refractivity contribution in [2.24, 2.45) is 0 Å². The number of anilines is 1. The van der Waals surface area contributed by atoms with E-state index in [-0.39, 0.29) is 23.6 Å². The van der Waals surface area contributed by atoms with Crippen LogP contribution in [-0.4, -0.2) is 35.5 Å². The van der Waals surface area contributed by atoms with E-state index in [1.165, 1.54) is 13.0 Å². The third kappa shape index (κ3) is 4.54. The standard InChI is InChI=1S/C19H20F2N2O5/c1-5-27-19(26)16-9(2)15(10(3)22-16)18(25)28-11(4)17(24)23-12-6-7-13(20)14(21)8-12/h6-8,11,22H,5H2,1-4H3,(H,23,24)/t11-/m1/s1. The first-order valence-electron chi connectivity index (χ1n) is 8.48. The molecule has 0 unspecified atom stereocenters. The van der Waals surface area contributed by atoms with E-state index in [4.69, 9.17) is 9.47 Å². The molecule has 9 heteroatoms. The lowest BCUT2D eigenvalue weighted by Gasteiger charge is -2.14. The molecular formula is C19H20F2N2O5. The molecule has 0 spiro atoms. The van der Waals surface area contributed by atoms with E-state index < -0.39 is 35.6 Å². The normalized spacial score (nSPS) is 11.6. The van der Waals surface area contributed by atoms with Crippen molar-refractivity contribution >= 4 is 23.5 Å². The Labute approximate surface area is 160 Å². The Morgan fingerprint density at radius 1 is 1.14 bits per heavy atom. The number of aryl methyl sites for hydroxylation is 1. The van der Waals surface area contributed by atoms with E-state index in [9.17, 15) is 23.2 Å². The van der Waals surface area contributed by atoms with Crippen LogP contribution in [0.3, 0.4) is 0 Å². The number of ether oxygens (including phenoxy) is 2. The number of amides is 1. The van der Waals surface area contributed by atoms with E-state index in [1.54, 1.807) is 20.8 Å². The zero-order valence-electron chi connectivity index (χ0n) is 15.8. The monoisotopic (exact) mass is 394 g/mol. The summed E-state index contributed by atoms with van der Waals surface area (Å²) in [5.74, 6) is -4.31. The van der Waals surface area contributed by atoms with Crippen molar-refractivity contribution in [3.05, 3.63) is 52.3 Å². The van der Waals surface area contributed by atoms with E-state index in [0.717, 1.165) is 12.1 Å². The van der Waals surface area contributed by atoms with Crippen molar-refractivity contribution in [2.45, 2.75) is 33.8 Å². The molecule has 0 fully saturated rings. The van der Waals surface area contributed by atoms with E-state index in [1.807, 2.05) is 0 Å². The van der Waals surface area contributed by atoms with Gasteiger partial charge in [0.1, 0.15) is 5.69 Å². The van der Waals surface area contributed by atoms with Gasteiger partial charge in [-0.25, -0.2) is 18.4 Å². The number of halogens is 2. The molecule has 0 saturated heterocycles. The van der Waals surface area contributed by atoms with Gasteiger partial charge in [-0.2, -0.15) is 0 Å². The molecule has 1 amide bonds. The van der Waals surface area contributed by atoms with Crippen molar-refractivity contribution in [3.63, 3.8) is 0 Å². The van der Waals surface area contributed by atoms with E-state index in [0.29, 0.717) is 11.3 Å². The Balaban J connectivity index is 2.10. The van der Waals surface area contributed by atoms with Crippen molar-refractivity contribution in [1.29, 1.82) is 0 Å². The summed E-state index contributed by atoms with van der Waals surface area (Å²) in [5, 5.41) is 2.33. The number of aromatic amines is 1. The van der Waals surface area contributed by atoms with Crippen LogP contribution in [0.2, 0.25) is 0 Å². The number of rotatable bonds is 6. The first-order chi connectivity index (χ1) is 13.1. The van der Waals surface area contributed by atoms with Crippen LogP contribution in [0.25, 0.3) is 0 Å². The Kier molecular flexibility index (Phi) is 6.50. The summed E-state index contributed by atoms with van der Waals surface area (Å²) in [6.45, 7) is 6.30. The van der Waals surface area contributed by atoms with Gasteiger partial charge in [0.25, 0.3) is 5.91 Å². The molecule has 0 aliphatic carbocycles. The molecule has 1 aromatic heterocycles. The maximum absolute atomic E-state index is 13.2. The summed E-state index contributed by atoms with van der Waals surface area (Å²) < 4.78 is 36.2. The fourth-order valence-electron chi connectivity index (χ4n) is 2.55. The number of carbonyl (C=O) groups is 3. The molecule has 1 heterocycles. The van der Waals surface area contributed by atoms with Gasteiger partial charge in [-0.15, -0.1) is 0 Å². The molecule has 0 bridgehead atoms. The lowest BCUT2D eigenvalue weighted by molar-refractivity contribution is -0.123. The van der Waals surface area contributed by atoms with Crippen LogP contribution in [0, 0.1) is 25.5 Å². The highest BCUT2D eigenvalue weighted by atomic mass is 19.2. The second-order valence-electron chi connectivity index (χ2n) is 6.01. The van der Waals surface area contributed by atoms with Gasteiger partial charge in [-0.1, -0.05) is 0 Å². The number of nitrogens with one attached hydrogen (secondary N) is 2. The van der Waals surface area contributed by atoms with Gasteiger partial charge in [-0.3, -0.25) is 4.79 Å². The van der Waals surface area contributed by atoms with Crippen LogP contribution in [-0.2, 0) is 14.3 Å². The summed E-state index contributed by atoms with van der Waals surface area (Å²) in [4.78, 5) is 39.3. The number of aromatic nitrogens is 1. The van der Waals surface area contributed by atoms with Crippen LogP contribution >= 0.6 is 0 Å². The predicted octanol–water partition coefficient (Wildman–Crippen LogP) is 3.27. The summed E-state index contributed by atoms with van der Waals surface area (Å²) >= 11 is 0. The Bertz CT molecular complexity index is 923. The van der Waals surface area contributed by atoms with Crippen LogP contribution in [0.15, 0.2) is 18.2 Å². The van der Waals surface area contributed by atoms with Gasteiger partial charge in [0.2, 0.25) is 0 Å². The van der Waals surface area contributed by atoms with Crippen LogP contribution in [0.1, 0.15) is 46.0 Å². The smallest absolute Gasteiger partial charge is 0.355 e. The van der Waals surface area contributed by atoms with E-state index >= 15 is 0 Å².